The molecule has 0 spiro atoms. The van der Waals surface area contributed by atoms with Crippen LogP contribution in [0.2, 0.25) is 0 Å². The summed E-state index contributed by atoms with van der Waals surface area (Å²) in [6.07, 6.45) is 5.37. The van der Waals surface area contributed by atoms with Crippen molar-refractivity contribution < 1.29 is 4.74 Å². The molecule has 4 heteroatoms. The van der Waals surface area contributed by atoms with Crippen molar-refractivity contribution in [2.24, 2.45) is 11.8 Å². The van der Waals surface area contributed by atoms with Crippen molar-refractivity contribution in [3.8, 4) is 5.88 Å². The minimum absolute atomic E-state index is 0.519. The molecule has 1 aliphatic carbocycles. The van der Waals surface area contributed by atoms with Gasteiger partial charge in [0.25, 0.3) is 0 Å². The first-order valence-corrected chi connectivity index (χ1v) is 6.90. The summed E-state index contributed by atoms with van der Waals surface area (Å²) in [6, 6.07) is 2.40. The summed E-state index contributed by atoms with van der Waals surface area (Å²) in [5.74, 6) is 3.06. The molecule has 1 fully saturated rings. The maximum absolute atomic E-state index is 5.39. The highest BCUT2D eigenvalue weighted by Gasteiger charge is 2.25. The Labute approximate surface area is 109 Å². The number of hydrogen-bond acceptors (Lipinski definition) is 4. The van der Waals surface area contributed by atoms with Crippen molar-refractivity contribution in [1.82, 2.24) is 9.97 Å². The van der Waals surface area contributed by atoms with Crippen LogP contribution >= 0.6 is 0 Å². The third-order valence-corrected chi connectivity index (χ3v) is 3.70. The molecular formula is C14H23N3O. The average Bonchev–Trinajstić information content (AvgIpc) is 2.34. The molecule has 4 nitrogen and oxygen atoms in total. The van der Waals surface area contributed by atoms with Crippen molar-refractivity contribution in [2.45, 2.75) is 46.1 Å². The Morgan fingerprint density at radius 1 is 1.33 bits per heavy atom. The van der Waals surface area contributed by atoms with Crippen LogP contribution in [0.25, 0.3) is 0 Å². The molecule has 0 aliphatic heterocycles. The Balaban J connectivity index is 1.98. The number of nitrogens with zero attached hydrogens (tertiary/aromatic N) is 2. The van der Waals surface area contributed by atoms with Crippen molar-refractivity contribution in [3.63, 3.8) is 0 Å². The van der Waals surface area contributed by atoms with Gasteiger partial charge in [0.2, 0.25) is 5.88 Å². The lowest BCUT2D eigenvalue weighted by Gasteiger charge is -2.33. The van der Waals surface area contributed by atoms with Gasteiger partial charge in [0.1, 0.15) is 12.1 Å². The van der Waals surface area contributed by atoms with Gasteiger partial charge in [0.15, 0.2) is 0 Å². The van der Waals surface area contributed by atoms with E-state index in [0.717, 1.165) is 11.7 Å². The van der Waals surface area contributed by atoms with Gasteiger partial charge >= 0.3 is 0 Å². The lowest BCUT2D eigenvalue weighted by atomic mass is 9.80. The predicted octanol–water partition coefficient (Wildman–Crippen LogP) is 3.11. The van der Waals surface area contributed by atoms with Gasteiger partial charge in [-0.25, -0.2) is 9.97 Å². The number of nitrogens with one attached hydrogen (secondary N) is 1. The summed E-state index contributed by atoms with van der Waals surface area (Å²) in [4.78, 5) is 8.35. The first-order valence-electron chi connectivity index (χ1n) is 6.90. The smallest absolute Gasteiger partial charge is 0.218 e. The van der Waals surface area contributed by atoms with Crippen LogP contribution in [0.1, 0.15) is 40.0 Å². The molecule has 0 radical (unpaired) electrons. The Kier molecular flexibility index (Phi) is 4.39. The topological polar surface area (TPSA) is 47.0 Å². The third kappa shape index (κ3) is 3.34. The van der Waals surface area contributed by atoms with Crippen LogP contribution in [0.15, 0.2) is 12.4 Å². The Bertz CT molecular complexity index is 383. The van der Waals surface area contributed by atoms with Crippen molar-refractivity contribution >= 4 is 5.82 Å². The van der Waals surface area contributed by atoms with Crippen LogP contribution in [0.5, 0.6) is 5.88 Å². The number of hydrogen-bond donors (Lipinski definition) is 1. The van der Waals surface area contributed by atoms with Crippen LogP contribution < -0.4 is 10.1 Å². The van der Waals surface area contributed by atoms with E-state index in [2.05, 4.69) is 29.1 Å². The number of anilines is 1. The van der Waals surface area contributed by atoms with Crippen LogP contribution in [0.3, 0.4) is 0 Å². The quantitative estimate of drug-likeness (QED) is 0.890. The molecule has 2 rings (SSSR count). The monoisotopic (exact) mass is 249 g/mol. The number of rotatable bonds is 4. The van der Waals surface area contributed by atoms with E-state index in [1.165, 1.54) is 19.3 Å². The minimum Gasteiger partial charge on any atom is -0.478 e. The van der Waals surface area contributed by atoms with E-state index in [-0.39, 0.29) is 0 Å². The lowest BCUT2D eigenvalue weighted by molar-refractivity contribution is 0.276. The molecule has 3 unspecified atom stereocenters. The predicted molar refractivity (Wildman–Crippen MR) is 72.8 cm³/mol. The van der Waals surface area contributed by atoms with Gasteiger partial charge in [-0.05, 0) is 38.0 Å². The summed E-state index contributed by atoms with van der Waals surface area (Å²) < 4.78 is 5.39. The van der Waals surface area contributed by atoms with Gasteiger partial charge in [-0.2, -0.15) is 0 Å². The van der Waals surface area contributed by atoms with E-state index in [9.17, 15) is 0 Å². The summed E-state index contributed by atoms with van der Waals surface area (Å²) in [5.41, 5.74) is 0. The first kappa shape index (κ1) is 13.1. The SMILES string of the molecule is CCOc1cc(NC2CCC(C)CC2C)ncn1. The number of ether oxygens (including phenoxy) is 1. The molecule has 1 aliphatic rings. The molecule has 1 saturated carbocycles. The van der Waals surface area contributed by atoms with Crippen LogP contribution in [-0.2, 0) is 0 Å². The fourth-order valence-corrected chi connectivity index (χ4v) is 2.71. The largest absolute Gasteiger partial charge is 0.478 e. The second kappa shape index (κ2) is 6.03. The molecule has 18 heavy (non-hydrogen) atoms. The van der Waals surface area contributed by atoms with E-state index in [1.54, 1.807) is 6.33 Å². The van der Waals surface area contributed by atoms with Gasteiger partial charge in [0.05, 0.1) is 6.61 Å². The summed E-state index contributed by atoms with van der Waals surface area (Å²) in [7, 11) is 0. The molecule has 3 atom stereocenters. The number of aromatic nitrogens is 2. The van der Waals surface area contributed by atoms with E-state index in [0.29, 0.717) is 24.4 Å². The fourth-order valence-electron chi connectivity index (χ4n) is 2.71. The Morgan fingerprint density at radius 3 is 2.89 bits per heavy atom. The highest BCUT2D eigenvalue weighted by molar-refractivity contribution is 5.38. The van der Waals surface area contributed by atoms with Crippen molar-refractivity contribution in [2.75, 3.05) is 11.9 Å². The van der Waals surface area contributed by atoms with Gasteiger partial charge in [-0.1, -0.05) is 13.8 Å². The van der Waals surface area contributed by atoms with Gasteiger partial charge < -0.3 is 10.1 Å². The Hall–Kier alpha value is -1.32. The molecule has 100 valence electrons. The van der Waals surface area contributed by atoms with E-state index < -0.39 is 0 Å². The summed E-state index contributed by atoms with van der Waals surface area (Å²) >= 11 is 0. The summed E-state index contributed by atoms with van der Waals surface area (Å²) in [6.45, 7) is 7.25. The van der Waals surface area contributed by atoms with Crippen molar-refractivity contribution in [3.05, 3.63) is 12.4 Å². The molecule has 1 heterocycles. The zero-order chi connectivity index (χ0) is 13.0. The minimum atomic E-state index is 0.519. The molecule has 1 aromatic heterocycles. The second-order valence-electron chi connectivity index (χ2n) is 5.32. The summed E-state index contributed by atoms with van der Waals surface area (Å²) in [5, 5.41) is 3.52. The lowest BCUT2D eigenvalue weighted by Crippen LogP contribution is -2.33. The van der Waals surface area contributed by atoms with Gasteiger partial charge in [-0.15, -0.1) is 0 Å². The zero-order valence-electron chi connectivity index (χ0n) is 11.5. The van der Waals surface area contributed by atoms with E-state index >= 15 is 0 Å². The van der Waals surface area contributed by atoms with Gasteiger partial charge in [-0.3, -0.25) is 0 Å². The van der Waals surface area contributed by atoms with E-state index in [4.69, 9.17) is 4.74 Å². The molecule has 0 saturated heterocycles. The Morgan fingerprint density at radius 2 is 2.17 bits per heavy atom. The molecule has 0 bridgehead atoms. The zero-order valence-corrected chi connectivity index (χ0v) is 11.5. The third-order valence-electron chi connectivity index (χ3n) is 3.70. The highest BCUT2D eigenvalue weighted by atomic mass is 16.5. The molecular weight excluding hydrogens is 226 g/mol. The highest BCUT2D eigenvalue weighted by Crippen LogP contribution is 2.30. The van der Waals surface area contributed by atoms with Crippen LogP contribution in [0.4, 0.5) is 5.82 Å². The maximum atomic E-state index is 5.39. The van der Waals surface area contributed by atoms with Gasteiger partial charge in [0, 0.05) is 12.1 Å². The first-order chi connectivity index (χ1) is 8.69. The molecule has 0 aromatic carbocycles. The average molecular weight is 249 g/mol. The van der Waals surface area contributed by atoms with Crippen LogP contribution in [-0.4, -0.2) is 22.6 Å². The van der Waals surface area contributed by atoms with Crippen molar-refractivity contribution in [1.29, 1.82) is 0 Å². The van der Waals surface area contributed by atoms with Crippen LogP contribution in [0, 0.1) is 11.8 Å². The normalized spacial score (nSPS) is 27.8. The maximum Gasteiger partial charge on any atom is 0.218 e. The standard InChI is InChI=1S/C14H23N3O/c1-4-18-14-8-13(15-9-16-14)17-12-6-5-10(2)7-11(12)3/h8-12H,4-7H2,1-3H3,(H,15,16,17). The fraction of sp³-hybridized carbons (Fsp3) is 0.714. The molecule has 0 amide bonds. The second-order valence-corrected chi connectivity index (χ2v) is 5.32. The molecule has 1 N–H and O–H groups in total. The molecule has 1 aromatic rings. The van der Waals surface area contributed by atoms with E-state index in [1.807, 2.05) is 13.0 Å².